The number of anilines is 1. The molecule has 0 fully saturated rings. The van der Waals surface area contributed by atoms with E-state index in [1.54, 1.807) is 13.1 Å². The highest BCUT2D eigenvalue weighted by atomic mass is 16.3. The van der Waals surface area contributed by atoms with Crippen LogP contribution in [0, 0.1) is 0 Å². The van der Waals surface area contributed by atoms with Crippen LogP contribution in [-0.4, -0.2) is 29.8 Å². The lowest BCUT2D eigenvalue weighted by Crippen LogP contribution is -2.25. The van der Waals surface area contributed by atoms with Gasteiger partial charge in [-0.05, 0) is 26.3 Å². The maximum Gasteiger partial charge on any atom is 0.133 e. The van der Waals surface area contributed by atoms with Gasteiger partial charge in [0.15, 0.2) is 0 Å². The lowest BCUT2D eigenvalue weighted by Gasteiger charge is -2.22. The van der Waals surface area contributed by atoms with Gasteiger partial charge in [-0.1, -0.05) is 6.07 Å². The second kappa shape index (κ2) is 5.82. The number of rotatable bonds is 5. The minimum Gasteiger partial charge on any atom is -0.393 e. The van der Waals surface area contributed by atoms with Gasteiger partial charge in [0.1, 0.15) is 5.82 Å². The van der Waals surface area contributed by atoms with Crippen LogP contribution in [0.1, 0.15) is 31.9 Å². The molecule has 1 aromatic heterocycles. The van der Waals surface area contributed by atoms with E-state index in [1.807, 2.05) is 31.0 Å². The Bertz CT molecular complexity index is 326. The van der Waals surface area contributed by atoms with Gasteiger partial charge < -0.3 is 15.7 Å². The van der Waals surface area contributed by atoms with Crippen molar-refractivity contribution in [3.05, 3.63) is 23.9 Å². The summed E-state index contributed by atoms with van der Waals surface area (Å²) >= 11 is 0. The van der Waals surface area contributed by atoms with Crippen LogP contribution in [-0.2, 0) is 0 Å². The molecule has 0 aliphatic rings. The van der Waals surface area contributed by atoms with Crippen LogP contribution in [0.4, 0.5) is 5.82 Å². The molecule has 0 radical (unpaired) electrons. The summed E-state index contributed by atoms with van der Waals surface area (Å²) in [6.45, 7) is 4.51. The molecule has 0 bridgehead atoms. The summed E-state index contributed by atoms with van der Waals surface area (Å²) in [6.07, 6.45) is 2.20. The van der Waals surface area contributed by atoms with Crippen LogP contribution in [0.2, 0.25) is 0 Å². The van der Waals surface area contributed by atoms with Crippen LogP contribution in [0.3, 0.4) is 0 Å². The van der Waals surface area contributed by atoms with Crippen molar-refractivity contribution in [1.82, 2.24) is 4.98 Å². The molecule has 0 spiro atoms. The predicted molar refractivity (Wildman–Crippen MR) is 66.4 cm³/mol. The van der Waals surface area contributed by atoms with Crippen LogP contribution in [0.25, 0.3) is 0 Å². The Kier molecular flexibility index (Phi) is 4.71. The fourth-order valence-electron chi connectivity index (χ4n) is 1.57. The van der Waals surface area contributed by atoms with Crippen LogP contribution >= 0.6 is 0 Å². The highest BCUT2D eigenvalue weighted by Gasteiger charge is 2.11. The average Bonchev–Trinajstić information content (AvgIpc) is 2.25. The molecule has 90 valence electrons. The number of aliphatic hydroxyl groups is 1. The number of pyridine rings is 1. The first-order valence-corrected chi connectivity index (χ1v) is 5.62. The van der Waals surface area contributed by atoms with Gasteiger partial charge in [0.25, 0.3) is 0 Å². The van der Waals surface area contributed by atoms with Gasteiger partial charge in [-0.15, -0.1) is 0 Å². The third-order valence-electron chi connectivity index (χ3n) is 2.55. The zero-order valence-corrected chi connectivity index (χ0v) is 10.2. The molecule has 0 saturated heterocycles. The summed E-state index contributed by atoms with van der Waals surface area (Å²) in [6, 6.07) is 3.86. The lowest BCUT2D eigenvalue weighted by molar-refractivity contribution is 0.187. The molecule has 1 aromatic rings. The summed E-state index contributed by atoms with van der Waals surface area (Å²) in [4.78, 5) is 6.38. The largest absolute Gasteiger partial charge is 0.393 e. The second-order valence-corrected chi connectivity index (χ2v) is 4.26. The summed E-state index contributed by atoms with van der Waals surface area (Å²) in [7, 11) is 1.97. The first-order chi connectivity index (χ1) is 7.52. The molecular formula is C12H21N3O. The number of hydrogen-bond acceptors (Lipinski definition) is 4. The molecule has 2 atom stereocenters. The SMILES string of the molecule is CC(O)CCN(C)c1ncccc1[C@@H](C)N. The Labute approximate surface area is 97.1 Å². The third-order valence-corrected chi connectivity index (χ3v) is 2.55. The van der Waals surface area contributed by atoms with Gasteiger partial charge in [0, 0.05) is 31.4 Å². The van der Waals surface area contributed by atoms with Crippen molar-refractivity contribution >= 4 is 5.82 Å². The molecule has 4 heteroatoms. The normalized spacial score (nSPS) is 14.6. The number of nitrogens with two attached hydrogens (primary N) is 1. The standard InChI is InChI=1S/C12H21N3O/c1-9(16)6-8-15(3)12-11(10(2)13)5-4-7-14-12/h4-5,7,9-10,16H,6,8,13H2,1-3H3/t9?,10-/m1/s1. The summed E-state index contributed by atoms with van der Waals surface area (Å²) in [5.74, 6) is 0.901. The van der Waals surface area contributed by atoms with E-state index >= 15 is 0 Å². The van der Waals surface area contributed by atoms with Crippen molar-refractivity contribution in [3.63, 3.8) is 0 Å². The van der Waals surface area contributed by atoms with Gasteiger partial charge >= 0.3 is 0 Å². The van der Waals surface area contributed by atoms with Gasteiger partial charge in [-0.3, -0.25) is 0 Å². The Morgan fingerprint density at radius 1 is 1.50 bits per heavy atom. The van der Waals surface area contributed by atoms with E-state index in [4.69, 9.17) is 5.73 Å². The predicted octanol–water partition coefficient (Wildman–Crippen LogP) is 1.31. The van der Waals surface area contributed by atoms with E-state index in [1.165, 1.54) is 0 Å². The first kappa shape index (κ1) is 12.9. The second-order valence-electron chi connectivity index (χ2n) is 4.26. The minimum atomic E-state index is -0.287. The van der Waals surface area contributed by atoms with E-state index < -0.39 is 0 Å². The summed E-state index contributed by atoms with van der Waals surface area (Å²) in [5, 5.41) is 9.25. The third kappa shape index (κ3) is 3.47. The van der Waals surface area contributed by atoms with E-state index in [9.17, 15) is 5.11 Å². The number of hydrogen-bond donors (Lipinski definition) is 2. The zero-order chi connectivity index (χ0) is 12.1. The van der Waals surface area contributed by atoms with Crippen molar-refractivity contribution in [2.24, 2.45) is 5.73 Å². The highest BCUT2D eigenvalue weighted by molar-refractivity contribution is 5.47. The molecule has 0 saturated carbocycles. The zero-order valence-electron chi connectivity index (χ0n) is 10.2. The van der Waals surface area contributed by atoms with E-state index in [2.05, 4.69) is 4.98 Å². The topological polar surface area (TPSA) is 62.4 Å². The summed E-state index contributed by atoms with van der Waals surface area (Å²) in [5.41, 5.74) is 6.93. The maximum absolute atomic E-state index is 9.25. The van der Waals surface area contributed by atoms with Crippen molar-refractivity contribution < 1.29 is 5.11 Å². The number of aliphatic hydroxyl groups excluding tert-OH is 1. The van der Waals surface area contributed by atoms with E-state index in [0.29, 0.717) is 0 Å². The molecule has 1 heterocycles. The van der Waals surface area contributed by atoms with Crippen LogP contribution in [0.5, 0.6) is 0 Å². The molecule has 0 aliphatic heterocycles. The Morgan fingerprint density at radius 2 is 2.19 bits per heavy atom. The fourth-order valence-corrected chi connectivity index (χ4v) is 1.57. The van der Waals surface area contributed by atoms with Gasteiger partial charge in [-0.2, -0.15) is 0 Å². The molecule has 4 nitrogen and oxygen atoms in total. The Morgan fingerprint density at radius 3 is 2.75 bits per heavy atom. The smallest absolute Gasteiger partial charge is 0.133 e. The van der Waals surface area contributed by atoms with Crippen molar-refractivity contribution in [1.29, 1.82) is 0 Å². The first-order valence-electron chi connectivity index (χ1n) is 5.62. The number of nitrogens with zero attached hydrogens (tertiary/aromatic N) is 2. The van der Waals surface area contributed by atoms with Crippen LogP contribution in [0.15, 0.2) is 18.3 Å². The molecule has 1 unspecified atom stereocenters. The van der Waals surface area contributed by atoms with Gasteiger partial charge in [0.05, 0.1) is 6.10 Å². The van der Waals surface area contributed by atoms with Gasteiger partial charge in [0.2, 0.25) is 0 Å². The maximum atomic E-state index is 9.25. The molecular weight excluding hydrogens is 202 g/mol. The Balaban J connectivity index is 2.77. The van der Waals surface area contributed by atoms with Crippen molar-refractivity contribution in [2.75, 3.05) is 18.5 Å². The van der Waals surface area contributed by atoms with E-state index in [-0.39, 0.29) is 12.1 Å². The van der Waals surface area contributed by atoms with Crippen molar-refractivity contribution in [2.45, 2.75) is 32.4 Å². The monoisotopic (exact) mass is 223 g/mol. The quantitative estimate of drug-likeness (QED) is 0.790. The average molecular weight is 223 g/mol. The highest BCUT2D eigenvalue weighted by Crippen LogP contribution is 2.21. The van der Waals surface area contributed by atoms with E-state index in [0.717, 1.165) is 24.3 Å². The van der Waals surface area contributed by atoms with Crippen LogP contribution < -0.4 is 10.6 Å². The van der Waals surface area contributed by atoms with Gasteiger partial charge in [-0.25, -0.2) is 4.98 Å². The molecule has 0 aliphatic carbocycles. The molecule has 0 aromatic carbocycles. The molecule has 0 amide bonds. The minimum absolute atomic E-state index is 0.0299. The molecule has 3 N–H and O–H groups in total. The Hall–Kier alpha value is -1.13. The number of aromatic nitrogens is 1. The lowest BCUT2D eigenvalue weighted by atomic mass is 10.1. The molecule has 16 heavy (non-hydrogen) atoms. The molecule has 1 rings (SSSR count). The summed E-state index contributed by atoms with van der Waals surface area (Å²) < 4.78 is 0. The van der Waals surface area contributed by atoms with Crippen molar-refractivity contribution in [3.8, 4) is 0 Å². The fraction of sp³-hybridized carbons (Fsp3) is 0.583.